The van der Waals surface area contributed by atoms with Crippen molar-refractivity contribution >= 4 is 0 Å². The Morgan fingerprint density at radius 3 is 2.89 bits per heavy atom. The molecule has 1 saturated heterocycles. The van der Waals surface area contributed by atoms with Crippen LogP contribution in [0.2, 0.25) is 0 Å². The van der Waals surface area contributed by atoms with E-state index in [4.69, 9.17) is 0 Å². The lowest BCUT2D eigenvalue weighted by molar-refractivity contribution is 0.0451. The minimum absolute atomic E-state index is 0.137. The zero-order valence-electron chi connectivity index (χ0n) is 12.5. The van der Waals surface area contributed by atoms with Crippen molar-refractivity contribution in [2.45, 2.75) is 52.2 Å². The molecular weight excluding hydrogens is 239 g/mol. The zero-order valence-corrected chi connectivity index (χ0v) is 12.5. The van der Waals surface area contributed by atoms with Crippen LogP contribution in [0.25, 0.3) is 0 Å². The molecule has 1 aromatic carbocycles. The molecule has 0 spiro atoms. The fourth-order valence-electron chi connectivity index (χ4n) is 2.74. The molecule has 0 aliphatic carbocycles. The minimum Gasteiger partial charge on any atom is -0.311 e. The van der Waals surface area contributed by atoms with Crippen molar-refractivity contribution < 1.29 is 4.39 Å². The van der Waals surface area contributed by atoms with E-state index >= 15 is 0 Å². The number of hydrogen-bond acceptors (Lipinski definition) is 2. The van der Waals surface area contributed by atoms with E-state index in [9.17, 15) is 4.39 Å². The first-order valence-corrected chi connectivity index (χ1v) is 7.18. The number of piperazine rings is 1. The van der Waals surface area contributed by atoms with Crippen LogP contribution in [-0.4, -0.2) is 29.6 Å². The van der Waals surface area contributed by atoms with Gasteiger partial charge in [-0.3, -0.25) is 4.90 Å². The highest BCUT2D eigenvalue weighted by Gasteiger charge is 2.35. The minimum atomic E-state index is -0.137. The molecule has 1 aliphatic heterocycles. The molecule has 2 rings (SSSR count). The molecule has 1 aliphatic rings. The highest BCUT2D eigenvalue weighted by Crippen LogP contribution is 2.26. The Kier molecular flexibility index (Phi) is 4.26. The zero-order chi connectivity index (χ0) is 14.0. The standard InChI is InChI=1S/C16H25FN2/c1-5-16(4)11-18-13(3)9-19(16)10-14-8-15(17)7-6-12(14)2/h6-8,13,18H,5,9-11H2,1-4H3. The molecule has 1 heterocycles. The predicted molar refractivity (Wildman–Crippen MR) is 77.7 cm³/mol. The number of nitrogens with one attached hydrogen (secondary N) is 1. The first kappa shape index (κ1) is 14.5. The van der Waals surface area contributed by atoms with Crippen molar-refractivity contribution in [1.82, 2.24) is 10.2 Å². The van der Waals surface area contributed by atoms with Gasteiger partial charge in [-0.2, -0.15) is 0 Å². The van der Waals surface area contributed by atoms with Crippen molar-refractivity contribution in [3.8, 4) is 0 Å². The molecule has 0 aromatic heterocycles. The largest absolute Gasteiger partial charge is 0.311 e. The average Bonchev–Trinajstić information content (AvgIpc) is 2.38. The molecule has 0 amide bonds. The molecule has 0 bridgehead atoms. The number of halogens is 1. The van der Waals surface area contributed by atoms with Crippen LogP contribution in [-0.2, 0) is 6.54 Å². The number of rotatable bonds is 3. The Bertz CT molecular complexity index is 446. The van der Waals surface area contributed by atoms with E-state index in [1.807, 2.05) is 6.07 Å². The van der Waals surface area contributed by atoms with Crippen molar-refractivity contribution in [2.24, 2.45) is 0 Å². The summed E-state index contributed by atoms with van der Waals surface area (Å²) in [6, 6.07) is 5.59. The lowest BCUT2D eigenvalue weighted by atomic mass is 9.91. The number of benzene rings is 1. The predicted octanol–water partition coefficient (Wildman–Crippen LogP) is 3.10. The maximum absolute atomic E-state index is 13.4. The molecule has 2 nitrogen and oxygen atoms in total. The van der Waals surface area contributed by atoms with Gasteiger partial charge in [0.05, 0.1) is 0 Å². The number of aryl methyl sites for hydroxylation is 1. The topological polar surface area (TPSA) is 15.3 Å². The van der Waals surface area contributed by atoms with Gasteiger partial charge in [0.2, 0.25) is 0 Å². The van der Waals surface area contributed by atoms with E-state index in [-0.39, 0.29) is 11.4 Å². The van der Waals surface area contributed by atoms with Gasteiger partial charge in [0, 0.05) is 31.2 Å². The van der Waals surface area contributed by atoms with Crippen LogP contribution in [0, 0.1) is 12.7 Å². The van der Waals surface area contributed by atoms with Crippen LogP contribution < -0.4 is 5.32 Å². The van der Waals surface area contributed by atoms with E-state index < -0.39 is 0 Å². The normalized spacial score (nSPS) is 28.6. The summed E-state index contributed by atoms with van der Waals surface area (Å²) in [5.74, 6) is -0.137. The quantitative estimate of drug-likeness (QED) is 0.902. The summed E-state index contributed by atoms with van der Waals surface area (Å²) in [5, 5.41) is 3.55. The Balaban J connectivity index is 2.21. The van der Waals surface area contributed by atoms with Crippen molar-refractivity contribution in [3.63, 3.8) is 0 Å². The number of nitrogens with zero attached hydrogens (tertiary/aromatic N) is 1. The molecule has 2 atom stereocenters. The summed E-state index contributed by atoms with van der Waals surface area (Å²) in [6.07, 6.45) is 1.10. The average molecular weight is 264 g/mol. The van der Waals surface area contributed by atoms with Crippen LogP contribution in [0.3, 0.4) is 0 Å². The molecule has 19 heavy (non-hydrogen) atoms. The fraction of sp³-hybridized carbons (Fsp3) is 0.625. The van der Waals surface area contributed by atoms with Crippen LogP contribution >= 0.6 is 0 Å². The molecular formula is C16H25FN2. The third-order valence-electron chi connectivity index (χ3n) is 4.52. The highest BCUT2D eigenvalue weighted by molar-refractivity contribution is 5.26. The molecule has 2 unspecified atom stereocenters. The van der Waals surface area contributed by atoms with Gasteiger partial charge < -0.3 is 5.32 Å². The first-order valence-electron chi connectivity index (χ1n) is 7.18. The molecule has 0 radical (unpaired) electrons. The molecule has 106 valence electrons. The fourth-order valence-corrected chi connectivity index (χ4v) is 2.74. The summed E-state index contributed by atoms with van der Waals surface area (Å²) in [7, 11) is 0. The van der Waals surface area contributed by atoms with E-state index in [1.54, 1.807) is 6.07 Å². The van der Waals surface area contributed by atoms with Gasteiger partial charge in [0.25, 0.3) is 0 Å². The second kappa shape index (κ2) is 5.59. The Hall–Kier alpha value is -0.930. The van der Waals surface area contributed by atoms with Gasteiger partial charge in [-0.05, 0) is 50.5 Å². The SMILES string of the molecule is CCC1(C)CNC(C)CN1Cc1cc(F)ccc1C. The molecule has 1 N–H and O–H groups in total. The molecule has 3 heteroatoms. The lowest BCUT2D eigenvalue weighted by Crippen LogP contribution is -2.61. The van der Waals surface area contributed by atoms with E-state index in [2.05, 4.69) is 37.9 Å². The third-order valence-corrected chi connectivity index (χ3v) is 4.52. The van der Waals surface area contributed by atoms with Crippen molar-refractivity contribution in [3.05, 3.63) is 35.1 Å². The summed E-state index contributed by atoms with van der Waals surface area (Å²) in [6.45, 7) is 11.6. The maximum atomic E-state index is 13.4. The highest BCUT2D eigenvalue weighted by atomic mass is 19.1. The maximum Gasteiger partial charge on any atom is 0.123 e. The second-order valence-corrected chi connectivity index (χ2v) is 6.08. The smallest absolute Gasteiger partial charge is 0.123 e. The summed E-state index contributed by atoms with van der Waals surface area (Å²) >= 11 is 0. The second-order valence-electron chi connectivity index (χ2n) is 6.08. The Morgan fingerprint density at radius 1 is 1.47 bits per heavy atom. The van der Waals surface area contributed by atoms with Crippen molar-refractivity contribution in [1.29, 1.82) is 0 Å². The summed E-state index contributed by atoms with van der Waals surface area (Å²) < 4.78 is 13.4. The first-order chi connectivity index (χ1) is 8.94. The van der Waals surface area contributed by atoms with Gasteiger partial charge in [-0.1, -0.05) is 13.0 Å². The van der Waals surface area contributed by atoms with Crippen LogP contribution in [0.4, 0.5) is 4.39 Å². The summed E-state index contributed by atoms with van der Waals surface area (Å²) in [4.78, 5) is 2.50. The van der Waals surface area contributed by atoms with Crippen molar-refractivity contribution in [2.75, 3.05) is 13.1 Å². The number of hydrogen-bond donors (Lipinski definition) is 1. The monoisotopic (exact) mass is 264 g/mol. The van der Waals surface area contributed by atoms with Gasteiger partial charge in [-0.25, -0.2) is 4.39 Å². The van der Waals surface area contributed by atoms with Gasteiger partial charge >= 0.3 is 0 Å². The van der Waals surface area contributed by atoms with Crippen LogP contribution in [0.5, 0.6) is 0 Å². The lowest BCUT2D eigenvalue weighted by Gasteiger charge is -2.47. The van der Waals surface area contributed by atoms with Gasteiger partial charge in [-0.15, -0.1) is 0 Å². The Morgan fingerprint density at radius 2 is 2.21 bits per heavy atom. The van der Waals surface area contributed by atoms with Gasteiger partial charge in [0.1, 0.15) is 5.82 Å². The molecule has 0 saturated carbocycles. The molecule has 1 fully saturated rings. The van der Waals surface area contributed by atoms with E-state index in [0.717, 1.165) is 31.6 Å². The summed E-state index contributed by atoms with van der Waals surface area (Å²) in [5.41, 5.74) is 2.44. The van der Waals surface area contributed by atoms with Crippen LogP contribution in [0.1, 0.15) is 38.3 Å². The molecule has 1 aromatic rings. The van der Waals surface area contributed by atoms with Crippen LogP contribution in [0.15, 0.2) is 18.2 Å². The van der Waals surface area contributed by atoms with Gasteiger partial charge in [0.15, 0.2) is 0 Å². The van der Waals surface area contributed by atoms with E-state index in [1.165, 1.54) is 11.6 Å². The van der Waals surface area contributed by atoms with E-state index in [0.29, 0.717) is 6.04 Å². The Labute approximate surface area is 116 Å². The third kappa shape index (κ3) is 3.15.